The molecule has 0 radical (unpaired) electrons. The molecule has 3 rings (SSSR count). The van der Waals surface area contributed by atoms with Gasteiger partial charge in [0.1, 0.15) is 24.1 Å². The van der Waals surface area contributed by atoms with Gasteiger partial charge < -0.3 is 15.2 Å². The molecule has 2 atom stereocenters. The molecule has 0 aliphatic carbocycles. The van der Waals surface area contributed by atoms with Crippen molar-refractivity contribution >= 4 is 11.8 Å². The van der Waals surface area contributed by atoms with E-state index < -0.39 is 29.1 Å². The summed E-state index contributed by atoms with van der Waals surface area (Å²) in [5, 5.41) is 12.4. The first-order chi connectivity index (χ1) is 12.4. The molecule has 0 saturated heterocycles. The molecular weight excluding hydrogens is 338 g/mol. The summed E-state index contributed by atoms with van der Waals surface area (Å²) in [7, 11) is 0. The Morgan fingerprint density at radius 3 is 2.58 bits per heavy atom. The van der Waals surface area contributed by atoms with Crippen LogP contribution in [0.3, 0.4) is 0 Å². The minimum absolute atomic E-state index is 0.0136. The molecule has 0 saturated carbocycles. The first-order valence-electron chi connectivity index (χ1n) is 7.81. The molecule has 2 aromatic rings. The van der Waals surface area contributed by atoms with E-state index in [-0.39, 0.29) is 29.4 Å². The van der Waals surface area contributed by atoms with Gasteiger partial charge >= 0.3 is 11.7 Å². The highest BCUT2D eigenvalue weighted by Crippen LogP contribution is 2.41. The van der Waals surface area contributed by atoms with Crippen LogP contribution in [-0.4, -0.2) is 27.7 Å². The second-order valence-corrected chi connectivity index (χ2v) is 5.81. The third-order valence-corrected chi connectivity index (χ3v) is 4.13. The summed E-state index contributed by atoms with van der Waals surface area (Å²) in [6.07, 6.45) is 1.44. The number of esters is 1. The number of ether oxygens (including phenoxy) is 1. The van der Waals surface area contributed by atoms with Gasteiger partial charge in [0.2, 0.25) is 0 Å². The molecule has 1 aromatic carbocycles. The zero-order chi connectivity index (χ0) is 18.8. The Morgan fingerprint density at radius 1 is 1.23 bits per heavy atom. The summed E-state index contributed by atoms with van der Waals surface area (Å²) >= 11 is 0. The van der Waals surface area contributed by atoms with Gasteiger partial charge in [0.15, 0.2) is 0 Å². The number of rotatable bonds is 4. The van der Waals surface area contributed by atoms with E-state index in [9.17, 15) is 19.5 Å². The molecule has 0 fully saturated rings. The number of nitrogens with one attached hydrogen (secondary N) is 3. The van der Waals surface area contributed by atoms with Gasteiger partial charge in [-0.1, -0.05) is 31.4 Å². The van der Waals surface area contributed by atoms with Crippen LogP contribution in [-0.2, 0) is 9.53 Å². The third-order valence-electron chi connectivity index (χ3n) is 4.13. The second-order valence-electron chi connectivity index (χ2n) is 5.81. The molecule has 1 aliphatic rings. The Morgan fingerprint density at radius 2 is 1.92 bits per heavy atom. The summed E-state index contributed by atoms with van der Waals surface area (Å²) in [6.45, 7) is 7.37. The second kappa shape index (κ2) is 6.75. The minimum atomic E-state index is -0.904. The molecule has 4 N–H and O–H groups in total. The van der Waals surface area contributed by atoms with E-state index in [4.69, 9.17) is 4.74 Å². The summed E-state index contributed by atoms with van der Waals surface area (Å²) in [5.74, 6) is -2.02. The average Bonchev–Trinajstić information content (AvgIpc) is 2.59. The predicted octanol–water partition coefficient (Wildman–Crippen LogP) is 1.19. The number of H-pyrrole nitrogens is 2. The van der Waals surface area contributed by atoms with Crippen LogP contribution < -0.4 is 16.6 Å². The first kappa shape index (κ1) is 17.3. The highest BCUT2D eigenvalue weighted by Gasteiger charge is 2.41. The number of anilines is 1. The first-order valence-corrected chi connectivity index (χ1v) is 7.81. The highest BCUT2D eigenvalue weighted by atomic mass is 16.5. The van der Waals surface area contributed by atoms with Crippen LogP contribution in [0.5, 0.6) is 5.75 Å². The van der Waals surface area contributed by atoms with Gasteiger partial charge in [-0.2, -0.15) is 0 Å². The maximum atomic E-state index is 12.6. The standard InChI is InChI=1S/C18H17N3O5/c1-3-8-26-17(24)12-9(2)19-15-14(16(23)21-18(25)20-15)13(12)10-4-6-11(22)7-5-10/h3-7,12-13,22H,1-2,8H2,(H3,19,20,21,23,25). The van der Waals surface area contributed by atoms with E-state index in [0.717, 1.165) is 0 Å². The molecule has 0 spiro atoms. The number of phenols is 1. The zero-order valence-corrected chi connectivity index (χ0v) is 13.7. The van der Waals surface area contributed by atoms with E-state index in [1.807, 2.05) is 0 Å². The zero-order valence-electron chi connectivity index (χ0n) is 13.7. The van der Waals surface area contributed by atoms with Crippen molar-refractivity contribution in [3.05, 3.63) is 81.2 Å². The summed E-state index contributed by atoms with van der Waals surface area (Å²) in [5.41, 5.74) is -0.242. The van der Waals surface area contributed by atoms with Crippen molar-refractivity contribution in [3.8, 4) is 5.75 Å². The normalized spacial score (nSPS) is 18.5. The lowest BCUT2D eigenvalue weighted by Crippen LogP contribution is -2.40. The number of benzene rings is 1. The molecule has 1 aliphatic heterocycles. The molecule has 26 heavy (non-hydrogen) atoms. The van der Waals surface area contributed by atoms with Gasteiger partial charge in [0, 0.05) is 11.6 Å². The number of phenolic OH excluding ortho intramolecular Hbond substituents is 1. The summed E-state index contributed by atoms with van der Waals surface area (Å²) in [4.78, 5) is 41.3. The van der Waals surface area contributed by atoms with Gasteiger partial charge in [-0.25, -0.2) is 4.79 Å². The van der Waals surface area contributed by atoms with Crippen molar-refractivity contribution in [2.45, 2.75) is 5.92 Å². The number of aromatic hydroxyl groups is 1. The van der Waals surface area contributed by atoms with Crippen molar-refractivity contribution in [1.29, 1.82) is 0 Å². The van der Waals surface area contributed by atoms with Crippen LogP contribution in [0.25, 0.3) is 0 Å². The maximum Gasteiger partial charge on any atom is 0.327 e. The van der Waals surface area contributed by atoms with Crippen molar-refractivity contribution in [2.75, 3.05) is 11.9 Å². The number of hydrogen-bond donors (Lipinski definition) is 4. The fourth-order valence-electron chi connectivity index (χ4n) is 3.05. The fourth-order valence-corrected chi connectivity index (χ4v) is 3.05. The monoisotopic (exact) mass is 355 g/mol. The van der Waals surface area contributed by atoms with Gasteiger partial charge in [0.25, 0.3) is 5.56 Å². The van der Waals surface area contributed by atoms with Crippen LogP contribution in [0.2, 0.25) is 0 Å². The van der Waals surface area contributed by atoms with Crippen molar-refractivity contribution in [2.24, 2.45) is 5.92 Å². The largest absolute Gasteiger partial charge is 0.508 e. The number of aromatic amines is 2. The van der Waals surface area contributed by atoms with E-state index in [1.54, 1.807) is 12.1 Å². The Balaban J connectivity index is 2.20. The Kier molecular flexibility index (Phi) is 4.49. The number of fused-ring (bicyclic) bond motifs is 1. The summed E-state index contributed by atoms with van der Waals surface area (Å²) < 4.78 is 5.16. The lowest BCUT2D eigenvalue weighted by Gasteiger charge is -2.33. The smallest absolute Gasteiger partial charge is 0.327 e. The predicted molar refractivity (Wildman–Crippen MR) is 95.0 cm³/mol. The molecule has 0 amide bonds. The molecule has 2 unspecified atom stereocenters. The molecule has 2 heterocycles. The third kappa shape index (κ3) is 3.04. The van der Waals surface area contributed by atoms with Crippen LogP contribution in [0.4, 0.5) is 5.82 Å². The SMILES string of the molecule is C=CCOC(=O)C1C(=C)Nc2[nH]c(=O)[nH]c(=O)c2C1c1ccc(O)cc1. The van der Waals surface area contributed by atoms with Gasteiger partial charge in [0.05, 0.1) is 5.56 Å². The van der Waals surface area contributed by atoms with Crippen molar-refractivity contribution in [1.82, 2.24) is 9.97 Å². The number of aromatic nitrogens is 2. The fraction of sp³-hybridized carbons (Fsp3) is 0.167. The lowest BCUT2D eigenvalue weighted by atomic mass is 9.77. The number of hydrogen-bond acceptors (Lipinski definition) is 6. The van der Waals surface area contributed by atoms with Crippen LogP contribution in [0, 0.1) is 5.92 Å². The average molecular weight is 355 g/mol. The van der Waals surface area contributed by atoms with Gasteiger partial charge in [-0.05, 0) is 17.7 Å². The number of carbonyl (C=O) groups excluding carboxylic acids is 1. The molecule has 1 aromatic heterocycles. The van der Waals surface area contributed by atoms with E-state index in [0.29, 0.717) is 5.56 Å². The van der Waals surface area contributed by atoms with Crippen LogP contribution in [0.1, 0.15) is 17.0 Å². The molecule has 134 valence electrons. The summed E-state index contributed by atoms with van der Waals surface area (Å²) in [6, 6.07) is 6.10. The lowest BCUT2D eigenvalue weighted by molar-refractivity contribution is -0.146. The van der Waals surface area contributed by atoms with Gasteiger partial charge in [-0.3, -0.25) is 19.6 Å². The van der Waals surface area contributed by atoms with Crippen molar-refractivity contribution < 1.29 is 14.6 Å². The van der Waals surface area contributed by atoms with E-state index in [1.165, 1.54) is 18.2 Å². The van der Waals surface area contributed by atoms with Crippen LogP contribution >= 0.6 is 0 Å². The maximum absolute atomic E-state index is 12.6. The van der Waals surface area contributed by atoms with E-state index in [2.05, 4.69) is 28.4 Å². The Labute approximate surface area is 147 Å². The van der Waals surface area contributed by atoms with Crippen molar-refractivity contribution in [3.63, 3.8) is 0 Å². The topological polar surface area (TPSA) is 124 Å². The molecule has 8 nitrogen and oxygen atoms in total. The highest BCUT2D eigenvalue weighted by molar-refractivity contribution is 5.81. The minimum Gasteiger partial charge on any atom is -0.508 e. The Hall–Kier alpha value is -3.55. The quantitative estimate of drug-likeness (QED) is 0.482. The van der Waals surface area contributed by atoms with Crippen LogP contribution in [0.15, 0.2) is 58.8 Å². The molecule has 0 bridgehead atoms. The molecule has 8 heteroatoms. The Bertz CT molecular complexity index is 987. The van der Waals surface area contributed by atoms with E-state index >= 15 is 0 Å². The molecular formula is C18H17N3O5. The number of carbonyl (C=O) groups is 1. The van der Waals surface area contributed by atoms with Gasteiger partial charge in [-0.15, -0.1) is 0 Å².